The molecule has 1 heterocycles. The van der Waals surface area contributed by atoms with Gasteiger partial charge in [0.2, 0.25) is 0 Å². The third kappa shape index (κ3) is 5.69. The van der Waals surface area contributed by atoms with E-state index in [0.717, 1.165) is 25.0 Å². The molecule has 0 saturated heterocycles. The average molecular weight is 393 g/mol. The van der Waals surface area contributed by atoms with Gasteiger partial charge in [0.05, 0.1) is 6.54 Å². The third-order valence-corrected chi connectivity index (χ3v) is 3.98. The van der Waals surface area contributed by atoms with Crippen molar-refractivity contribution in [2.24, 2.45) is 10.9 Å². The summed E-state index contributed by atoms with van der Waals surface area (Å²) in [7, 11) is 0. The molecule has 5 heteroatoms. The summed E-state index contributed by atoms with van der Waals surface area (Å²) in [6, 6.07) is 2.78. The normalized spacial score (nSPS) is 21.7. The van der Waals surface area contributed by atoms with Crippen molar-refractivity contribution in [3.63, 3.8) is 0 Å². The molecule has 1 aliphatic rings. The summed E-state index contributed by atoms with van der Waals surface area (Å²) in [4.78, 5) is 4.63. The van der Waals surface area contributed by atoms with Crippen LogP contribution < -0.4 is 10.6 Å². The van der Waals surface area contributed by atoms with Gasteiger partial charge in [0.1, 0.15) is 0 Å². The summed E-state index contributed by atoms with van der Waals surface area (Å²) >= 11 is 1.73. The van der Waals surface area contributed by atoms with Crippen LogP contribution in [0.3, 0.4) is 0 Å². The Hall–Kier alpha value is -0.300. The fourth-order valence-electron chi connectivity index (χ4n) is 2.16. The molecular formula is C14H24IN3S. The van der Waals surface area contributed by atoms with Gasteiger partial charge in [-0.15, -0.1) is 24.0 Å². The summed E-state index contributed by atoms with van der Waals surface area (Å²) in [5.41, 5.74) is 1.29. The Bertz CT molecular complexity index is 378. The van der Waals surface area contributed by atoms with Crippen molar-refractivity contribution >= 4 is 41.3 Å². The van der Waals surface area contributed by atoms with Gasteiger partial charge in [-0.3, -0.25) is 0 Å². The summed E-state index contributed by atoms with van der Waals surface area (Å²) in [5.74, 6) is 1.83. The maximum absolute atomic E-state index is 4.63. The van der Waals surface area contributed by atoms with Gasteiger partial charge in [0, 0.05) is 12.6 Å². The molecule has 1 fully saturated rings. The SMILES string of the molecule is CCCC1CC1NC(=NCc1ccsc1)NCC.I. The van der Waals surface area contributed by atoms with Gasteiger partial charge in [-0.25, -0.2) is 4.99 Å². The first-order valence-electron chi connectivity index (χ1n) is 6.89. The summed E-state index contributed by atoms with van der Waals surface area (Å²) < 4.78 is 0. The molecule has 0 amide bonds. The summed E-state index contributed by atoms with van der Waals surface area (Å²) in [6.07, 6.45) is 3.92. The number of thiophene rings is 1. The highest BCUT2D eigenvalue weighted by molar-refractivity contribution is 14.0. The number of halogens is 1. The van der Waals surface area contributed by atoms with E-state index in [4.69, 9.17) is 0 Å². The second-order valence-electron chi connectivity index (χ2n) is 4.86. The van der Waals surface area contributed by atoms with Crippen molar-refractivity contribution in [1.82, 2.24) is 10.6 Å². The standard InChI is InChI=1S/C14H23N3S.HI/c1-3-5-12-8-13(12)17-14(15-4-2)16-9-11-6-7-18-10-11;/h6-7,10,12-13H,3-5,8-9H2,1-2H3,(H2,15,16,17);1H. The van der Waals surface area contributed by atoms with Gasteiger partial charge in [0.25, 0.3) is 0 Å². The number of hydrogen-bond acceptors (Lipinski definition) is 2. The molecule has 19 heavy (non-hydrogen) atoms. The van der Waals surface area contributed by atoms with Crippen LogP contribution in [0.2, 0.25) is 0 Å². The van der Waals surface area contributed by atoms with E-state index in [0.29, 0.717) is 6.04 Å². The van der Waals surface area contributed by atoms with E-state index in [9.17, 15) is 0 Å². The Balaban J connectivity index is 0.00000180. The smallest absolute Gasteiger partial charge is 0.191 e. The molecule has 0 aromatic carbocycles. The minimum atomic E-state index is 0. The van der Waals surface area contributed by atoms with Gasteiger partial charge >= 0.3 is 0 Å². The van der Waals surface area contributed by atoms with Crippen LogP contribution in [0.5, 0.6) is 0 Å². The van der Waals surface area contributed by atoms with Crippen LogP contribution in [0.25, 0.3) is 0 Å². The second-order valence-corrected chi connectivity index (χ2v) is 5.64. The molecule has 1 saturated carbocycles. The van der Waals surface area contributed by atoms with Crippen molar-refractivity contribution in [2.45, 2.75) is 45.7 Å². The molecule has 2 unspecified atom stereocenters. The Labute approximate surface area is 137 Å². The largest absolute Gasteiger partial charge is 0.357 e. The van der Waals surface area contributed by atoms with Gasteiger partial charge < -0.3 is 10.6 Å². The number of nitrogens with one attached hydrogen (secondary N) is 2. The molecule has 2 N–H and O–H groups in total. The van der Waals surface area contributed by atoms with E-state index in [1.54, 1.807) is 11.3 Å². The lowest BCUT2D eigenvalue weighted by atomic mass is 10.2. The number of rotatable bonds is 6. The number of aliphatic imine (C=N–C) groups is 1. The Morgan fingerprint density at radius 1 is 1.47 bits per heavy atom. The third-order valence-electron chi connectivity index (χ3n) is 3.25. The summed E-state index contributed by atoms with van der Waals surface area (Å²) in [6.45, 7) is 6.05. The molecule has 0 bridgehead atoms. The second kappa shape index (κ2) is 8.79. The molecule has 108 valence electrons. The molecule has 3 nitrogen and oxygen atoms in total. The maximum Gasteiger partial charge on any atom is 0.191 e. The van der Waals surface area contributed by atoms with Crippen LogP contribution in [0.4, 0.5) is 0 Å². The van der Waals surface area contributed by atoms with Crippen molar-refractivity contribution in [3.05, 3.63) is 22.4 Å². The number of hydrogen-bond donors (Lipinski definition) is 2. The highest BCUT2D eigenvalue weighted by atomic mass is 127. The lowest BCUT2D eigenvalue weighted by Gasteiger charge is -2.10. The van der Waals surface area contributed by atoms with Crippen LogP contribution >= 0.6 is 35.3 Å². The molecule has 0 radical (unpaired) electrons. The fraction of sp³-hybridized carbons (Fsp3) is 0.643. The van der Waals surface area contributed by atoms with E-state index in [1.165, 1.54) is 24.8 Å². The zero-order chi connectivity index (χ0) is 12.8. The van der Waals surface area contributed by atoms with Crippen molar-refractivity contribution < 1.29 is 0 Å². The minimum Gasteiger partial charge on any atom is -0.357 e. The first-order valence-corrected chi connectivity index (χ1v) is 7.83. The maximum atomic E-state index is 4.63. The van der Waals surface area contributed by atoms with Gasteiger partial charge in [-0.1, -0.05) is 13.3 Å². The molecule has 1 aromatic heterocycles. The predicted molar refractivity (Wildman–Crippen MR) is 94.5 cm³/mol. The van der Waals surface area contributed by atoms with Crippen molar-refractivity contribution in [2.75, 3.05) is 6.54 Å². The number of nitrogens with zero attached hydrogens (tertiary/aromatic N) is 1. The topological polar surface area (TPSA) is 36.4 Å². The quantitative estimate of drug-likeness (QED) is 0.440. The van der Waals surface area contributed by atoms with Crippen LogP contribution in [-0.4, -0.2) is 18.5 Å². The van der Waals surface area contributed by atoms with Crippen LogP contribution in [0.1, 0.15) is 38.7 Å². The molecule has 2 atom stereocenters. The highest BCUT2D eigenvalue weighted by Crippen LogP contribution is 2.34. The molecule has 2 rings (SSSR count). The first kappa shape index (κ1) is 16.8. The molecule has 0 aliphatic heterocycles. The number of guanidine groups is 1. The van der Waals surface area contributed by atoms with E-state index in [-0.39, 0.29) is 24.0 Å². The Morgan fingerprint density at radius 2 is 2.32 bits per heavy atom. The van der Waals surface area contributed by atoms with Crippen LogP contribution in [0, 0.1) is 5.92 Å². The Kier molecular flexibility index (Phi) is 7.75. The van der Waals surface area contributed by atoms with Crippen molar-refractivity contribution in [1.29, 1.82) is 0 Å². The van der Waals surface area contributed by atoms with Crippen molar-refractivity contribution in [3.8, 4) is 0 Å². The monoisotopic (exact) mass is 393 g/mol. The first-order chi connectivity index (χ1) is 8.83. The van der Waals surface area contributed by atoms with Gasteiger partial charge in [-0.05, 0) is 48.1 Å². The molecule has 1 aliphatic carbocycles. The molecular weight excluding hydrogens is 369 g/mol. The average Bonchev–Trinajstić information content (AvgIpc) is 2.90. The lowest BCUT2D eigenvalue weighted by Crippen LogP contribution is -2.39. The van der Waals surface area contributed by atoms with E-state index in [1.807, 2.05) is 0 Å². The lowest BCUT2D eigenvalue weighted by molar-refractivity contribution is 0.655. The van der Waals surface area contributed by atoms with Gasteiger partial charge in [0.15, 0.2) is 5.96 Å². The van der Waals surface area contributed by atoms with E-state index >= 15 is 0 Å². The fourth-order valence-corrected chi connectivity index (χ4v) is 2.82. The minimum absolute atomic E-state index is 0. The predicted octanol–water partition coefficient (Wildman–Crippen LogP) is 3.61. The van der Waals surface area contributed by atoms with E-state index < -0.39 is 0 Å². The van der Waals surface area contributed by atoms with Gasteiger partial charge in [-0.2, -0.15) is 11.3 Å². The van der Waals surface area contributed by atoms with Crippen LogP contribution in [-0.2, 0) is 6.54 Å². The Morgan fingerprint density at radius 3 is 2.95 bits per heavy atom. The highest BCUT2D eigenvalue weighted by Gasteiger charge is 2.36. The zero-order valence-electron chi connectivity index (χ0n) is 11.7. The summed E-state index contributed by atoms with van der Waals surface area (Å²) in [5, 5.41) is 11.1. The van der Waals surface area contributed by atoms with Crippen LogP contribution in [0.15, 0.2) is 21.8 Å². The molecule has 1 aromatic rings. The molecule has 0 spiro atoms. The zero-order valence-corrected chi connectivity index (χ0v) is 14.8. The van der Waals surface area contributed by atoms with E-state index in [2.05, 4.69) is 46.3 Å².